The number of fused-ring (bicyclic) bond motifs is 1. The number of piperidine rings is 1. The number of hydrogen-bond donors (Lipinski definition) is 0. The zero-order chi connectivity index (χ0) is 20.1. The summed E-state index contributed by atoms with van der Waals surface area (Å²) in [6, 6.07) is 0. The van der Waals surface area contributed by atoms with E-state index in [1.165, 1.54) is 17.0 Å². The number of sulfone groups is 1. The molecule has 28 heavy (non-hydrogen) atoms. The Morgan fingerprint density at radius 2 is 2.00 bits per heavy atom. The Labute approximate surface area is 162 Å². The van der Waals surface area contributed by atoms with Gasteiger partial charge in [-0.1, -0.05) is 0 Å². The molecule has 1 aliphatic rings. The number of rotatable bonds is 3. The second-order valence-corrected chi connectivity index (χ2v) is 9.09. The van der Waals surface area contributed by atoms with Crippen LogP contribution < -0.4 is 0 Å². The average Bonchev–Trinajstić information content (AvgIpc) is 3.27. The second-order valence-electron chi connectivity index (χ2n) is 7.11. The SMILES string of the molecule is Cc1c(C(=O)N2CCC[C@H](c3c(S(C)(=O)=O)cnc4ncnn34)C2)cnn1C. The lowest BCUT2D eigenvalue weighted by molar-refractivity contribution is 0.0703. The van der Waals surface area contributed by atoms with Crippen molar-refractivity contribution in [3.8, 4) is 0 Å². The molecule has 1 atom stereocenters. The molecule has 0 radical (unpaired) electrons. The van der Waals surface area contributed by atoms with Crippen molar-refractivity contribution in [2.45, 2.75) is 30.6 Å². The molecule has 0 unspecified atom stereocenters. The van der Waals surface area contributed by atoms with Crippen LogP contribution in [0.4, 0.5) is 0 Å². The highest BCUT2D eigenvalue weighted by Gasteiger charge is 2.32. The van der Waals surface area contributed by atoms with Gasteiger partial charge >= 0.3 is 0 Å². The topological polar surface area (TPSA) is 115 Å². The molecule has 1 amide bonds. The van der Waals surface area contributed by atoms with E-state index in [1.54, 1.807) is 22.8 Å². The molecule has 0 spiro atoms. The van der Waals surface area contributed by atoms with Crippen molar-refractivity contribution in [3.63, 3.8) is 0 Å². The van der Waals surface area contributed by atoms with Crippen LogP contribution in [0.2, 0.25) is 0 Å². The van der Waals surface area contributed by atoms with Crippen molar-refractivity contribution in [1.29, 1.82) is 0 Å². The molecule has 4 heterocycles. The van der Waals surface area contributed by atoms with Gasteiger partial charge in [0.15, 0.2) is 9.84 Å². The number of aryl methyl sites for hydroxylation is 1. The number of likely N-dealkylation sites (tertiary alicyclic amines) is 1. The summed E-state index contributed by atoms with van der Waals surface area (Å²) in [7, 11) is -1.72. The van der Waals surface area contributed by atoms with E-state index in [9.17, 15) is 13.2 Å². The van der Waals surface area contributed by atoms with Gasteiger partial charge in [0.2, 0.25) is 0 Å². The predicted molar refractivity (Wildman–Crippen MR) is 99.7 cm³/mol. The van der Waals surface area contributed by atoms with E-state index in [0.29, 0.717) is 30.1 Å². The third kappa shape index (κ3) is 3.05. The number of hydrogen-bond acceptors (Lipinski definition) is 7. The van der Waals surface area contributed by atoms with Crippen molar-refractivity contribution >= 4 is 21.5 Å². The quantitative estimate of drug-likeness (QED) is 0.628. The monoisotopic (exact) mass is 403 g/mol. The molecule has 0 aromatic carbocycles. The Hall–Kier alpha value is -2.82. The lowest BCUT2D eigenvalue weighted by Crippen LogP contribution is -2.40. The molecular weight excluding hydrogens is 382 g/mol. The Balaban J connectivity index is 1.73. The van der Waals surface area contributed by atoms with Gasteiger partial charge < -0.3 is 4.90 Å². The number of carbonyl (C=O) groups is 1. The van der Waals surface area contributed by atoms with Crippen LogP contribution in [0, 0.1) is 6.92 Å². The first kappa shape index (κ1) is 18.5. The molecule has 1 saturated heterocycles. The Morgan fingerprint density at radius 3 is 2.68 bits per heavy atom. The Bertz CT molecular complexity index is 1160. The minimum absolute atomic E-state index is 0.0971. The summed E-state index contributed by atoms with van der Waals surface area (Å²) < 4.78 is 27.8. The fourth-order valence-corrected chi connectivity index (χ4v) is 4.58. The molecule has 1 aliphatic heterocycles. The maximum atomic E-state index is 13.0. The number of aromatic nitrogens is 6. The smallest absolute Gasteiger partial charge is 0.257 e. The predicted octanol–water partition coefficient (Wildman–Crippen LogP) is 0.590. The molecule has 0 aliphatic carbocycles. The van der Waals surface area contributed by atoms with Gasteiger partial charge in [-0.05, 0) is 19.8 Å². The molecule has 4 rings (SSSR count). The Morgan fingerprint density at radius 1 is 1.21 bits per heavy atom. The molecule has 3 aromatic heterocycles. The summed E-state index contributed by atoms with van der Waals surface area (Å²) in [5, 5.41) is 8.32. The van der Waals surface area contributed by atoms with Gasteiger partial charge in [-0.15, -0.1) is 0 Å². The van der Waals surface area contributed by atoms with Crippen molar-refractivity contribution in [1.82, 2.24) is 34.3 Å². The molecule has 0 N–H and O–H groups in total. The van der Waals surface area contributed by atoms with E-state index in [-0.39, 0.29) is 16.7 Å². The molecular formula is C17H21N7O3S. The lowest BCUT2D eigenvalue weighted by Gasteiger charge is -2.33. The van der Waals surface area contributed by atoms with Gasteiger partial charge in [0, 0.05) is 38.0 Å². The van der Waals surface area contributed by atoms with Gasteiger partial charge in [-0.3, -0.25) is 9.48 Å². The first-order chi connectivity index (χ1) is 13.3. The lowest BCUT2D eigenvalue weighted by atomic mass is 9.94. The van der Waals surface area contributed by atoms with Crippen LogP contribution in [0.1, 0.15) is 40.5 Å². The van der Waals surface area contributed by atoms with Crippen molar-refractivity contribution in [2.24, 2.45) is 7.05 Å². The average molecular weight is 403 g/mol. The van der Waals surface area contributed by atoms with Gasteiger partial charge in [-0.25, -0.2) is 13.4 Å². The molecule has 0 saturated carbocycles. The van der Waals surface area contributed by atoms with Crippen LogP contribution in [0.15, 0.2) is 23.6 Å². The van der Waals surface area contributed by atoms with Crippen LogP contribution >= 0.6 is 0 Å². The third-order valence-electron chi connectivity index (χ3n) is 5.27. The fraction of sp³-hybridized carbons (Fsp3) is 0.471. The van der Waals surface area contributed by atoms with E-state index < -0.39 is 9.84 Å². The zero-order valence-corrected chi connectivity index (χ0v) is 16.7. The summed E-state index contributed by atoms with van der Waals surface area (Å²) in [6.07, 6.45) is 6.92. The minimum atomic E-state index is -3.51. The summed E-state index contributed by atoms with van der Waals surface area (Å²) in [5.41, 5.74) is 1.89. The summed E-state index contributed by atoms with van der Waals surface area (Å²) in [5.74, 6) is 0.0562. The number of amides is 1. The summed E-state index contributed by atoms with van der Waals surface area (Å²) in [4.78, 5) is 23.1. The molecule has 148 valence electrons. The van der Waals surface area contributed by atoms with Crippen LogP contribution in [0.25, 0.3) is 5.78 Å². The zero-order valence-electron chi connectivity index (χ0n) is 15.9. The maximum Gasteiger partial charge on any atom is 0.257 e. The highest BCUT2D eigenvalue weighted by molar-refractivity contribution is 7.90. The molecule has 11 heteroatoms. The normalized spacial score (nSPS) is 18.0. The van der Waals surface area contributed by atoms with Crippen LogP contribution in [0.5, 0.6) is 0 Å². The van der Waals surface area contributed by atoms with Crippen LogP contribution in [0.3, 0.4) is 0 Å². The maximum absolute atomic E-state index is 13.0. The van der Waals surface area contributed by atoms with Crippen LogP contribution in [-0.4, -0.2) is 67.9 Å². The molecule has 1 fully saturated rings. The fourth-order valence-electron chi connectivity index (χ4n) is 3.70. The van der Waals surface area contributed by atoms with Crippen molar-refractivity contribution in [3.05, 3.63) is 35.7 Å². The summed E-state index contributed by atoms with van der Waals surface area (Å²) >= 11 is 0. The van der Waals surface area contributed by atoms with Crippen molar-refractivity contribution < 1.29 is 13.2 Å². The molecule has 10 nitrogen and oxygen atoms in total. The number of carbonyl (C=O) groups excluding carboxylic acids is 1. The van der Waals surface area contributed by atoms with E-state index >= 15 is 0 Å². The van der Waals surface area contributed by atoms with Gasteiger partial charge in [0.25, 0.3) is 11.7 Å². The highest BCUT2D eigenvalue weighted by Crippen LogP contribution is 2.32. The largest absolute Gasteiger partial charge is 0.338 e. The molecule has 3 aromatic rings. The van der Waals surface area contributed by atoms with Gasteiger partial charge in [-0.2, -0.15) is 19.7 Å². The minimum Gasteiger partial charge on any atom is -0.338 e. The highest BCUT2D eigenvalue weighted by atomic mass is 32.2. The third-order valence-corrected chi connectivity index (χ3v) is 6.38. The van der Waals surface area contributed by atoms with E-state index in [4.69, 9.17) is 0 Å². The standard InChI is InChI=1S/C17H21N7O3S/c1-11-13(7-20-22(11)2)16(25)23-6-4-5-12(9-23)15-14(28(3,26)27)8-18-17-19-10-21-24(15)17/h7-8,10,12H,4-6,9H2,1-3H3/t12-/m0/s1. The second kappa shape index (κ2) is 6.66. The van der Waals surface area contributed by atoms with E-state index in [0.717, 1.165) is 24.8 Å². The Kier molecular flexibility index (Phi) is 4.41. The number of nitrogens with zero attached hydrogens (tertiary/aromatic N) is 7. The molecule has 0 bridgehead atoms. The van der Waals surface area contributed by atoms with Crippen molar-refractivity contribution in [2.75, 3.05) is 19.3 Å². The van der Waals surface area contributed by atoms with E-state index in [2.05, 4.69) is 20.2 Å². The van der Waals surface area contributed by atoms with E-state index in [1.807, 2.05) is 6.92 Å². The van der Waals surface area contributed by atoms with Gasteiger partial charge in [0.05, 0.1) is 23.7 Å². The first-order valence-electron chi connectivity index (χ1n) is 8.94. The first-order valence-corrected chi connectivity index (χ1v) is 10.8. The summed E-state index contributed by atoms with van der Waals surface area (Å²) in [6.45, 7) is 2.86. The van der Waals surface area contributed by atoms with Gasteiger partial charge in [0.1, 0.15) is 11.2 Å². The van der Waals surface area contributed by atoms with Crippen LogP contribution in [-0.2, 0) is 16.9 Å².